The number of nitrogens with one attached hydrogen (secondary N) is 1. The van der Waals surface area contributed by atoms with Gasteiger partial charge in [0, 0.05) is 19.0 Å². The Hall–Kier alpha value is -3.39. The molecule has 1 atom stereocenters. The average Bonchev–Trinajstić information content (AvgIpc) is 3.13. The first-order chi connectivity index (χ1) is 16.0. The van der Waals surface area contributed by atoms with Gasteiger partial charge >= 0.3 is 12.1 Å². The molecule has 0 heterocycles. The molecule has 2 amide bonds. The van der Waals surface area contributed by atoms with Gasteiger partial charge in [0.15, 0.2) is 0 Å². The van der Waals surface area contributed by atoms with Crippen LogP contribution in [0.1, 0.15) is 43.2 Å². The van der Waals surface area contributed by atoms with E-state index in [9.17, 15) is 24.6 Å². The van der Waals surface area contributed by atoms with Crippen LogP contribution in [0, 0.1) is 0 Å². The van der Waals surface area contributed by atoms with Crippen LogP contribution in [0.25, 0.3) is 11.1 Å². The summed E-state index contributed by atoms with van der Waals surface area (Å²) in [5.41, 5.74) is 4.30. The highest BCUT2D eigenvalue weighted by Gasteiger charge is 2.31. The van der Waals surface area contributed by atoms with Gasteiger partial charge in [-0.25, -0.2) is 4.79 Å². The van der Waals surface area contributed by atoms with E-state index in [-0.39, 0.29) is 25.7 Å². The molecule has 0 saturated carbocycles. The minimum atomic E-state index is -1.28. The molecule has 0 aliphatic heterocycles. The maximum atomic E-state index is 12.9. The van der Waals surface area contributed by atoms with Crippen LogP contribution in [0.5, 0.6) is 0 Å². The summed E-state index contributed by atoms with van der Waals surface area (Å²) in [6, 6.07) is 14.6. The number of hydrogen-bond acceptors (Lipinski definition) is 5. The third-order valence-electron chi connectivity index (χ3n) is 5.78. The molecule has 1 aliphatic rings. The second kappa shape index (κ2) is 11.5. The van der Waals surface area contributed by atoms with Crippen molar-refractivity contribution in [1.82, 2.24) is 10.2 Å². The van der Waals surface area contributed by atoms with Crippen LogP contribution >= 0.6 is 0 Å². The zero-order valence-corrected chi connectivity index (χ0v) is 18.7. The van der Waals surface area contributed by atoms with Crippen molar-refractivity contribution in [3.63, 3.8) is 0 Å². The zero-order chi connectivity index (χ0) is 23.8. The SMILES string of the molecule is CCCCN(CCO)C(=O)C(CC(=O)O)NC(=O)OCC1c2ccccc2-c2ccccc21. The van der Waals surface area contributed by atoms with E-state index in [1.54, 1.807) is 0 Å². The fraction of sp³-hybridized carbons (Fsp3) is 0.400. The van der Waals surface area contributed by atoms with Crippen molar-refractivity contribution >= 4 is 18.0 Å². The molecule has 3 rings (SSSR count). The molecule has 1 aliphatic carbocycles. The molecule has 176 valence electrons. The van der Waals surface area contributed by atoms with E-state index < -0.39 is 30.4 Å². The van der Waals surface area contributed by atoms with Crippen molar-refractivity contribution in [2.75, 3.05) is 26.3 Å². The van der Waals surface area contributed by atoms with Crippen molar-refractivity contribution in [3.8, 4) is 11.1 Å². The van der Waals surface area contributed by atoms with Gasteiger partial charge in [0.25, 0.3) is 0 Å². The van der Waals surface area contributed by atoms with Crippen molar-refractivity contribution in [2.45, 2.75) is 38.1 Å². The van der Waals surface area contributed by atoms with Crippen LogP contribution in [-0.2, 0) is 14.3 Å². The summed E-state index contributed by atoms with van der Waals surface area (Å²) >= 11 is 0. The van der Waals surface area contributed by atoms with E-state index in [0.717, 1.165) is 28.7 Å². The standard InChI is InChI=1S/C25H30N2O6/c1-2-3-12-27(13-14-28)24(31)22(15-23(29)30)26-25(32)33-16-21-19-10-6-4-8-17(19)18-9-5-7-11-20(18)21/h4-11,21-22,28H,2-3,12-16H2,1H3,(H,26,32)(H,29,30). The largest absolute Gasteiger partial charge is 0.481 e. The molecular weight excluding hydrogens is 424 g/mol. The number of amides is 2. The second-order valence-corrected chi connectivity index (χ2v) is 8.02. The first-order valence-electron chi connectivity index (χ1n) is 11.2. The number of aliphatic hydroxyl groups excluding tert-OH is 1. The summed E-state index contributed by atoms with van der Waals surface area (Å²) in [6.45, 7) is 2.22. The van der Waals surface area contributed by atoms with Gasteiger partial charge in [0.1, 0.15) is 12.6 Å². The Labute approximate surface area is 193 Å². The maximum absolute atomic E-state index is 12.9. The molecule has 33 heavy (non-hydrogen) atoms. The summed E-state index contributed by atoms with van der Waals surface area (Å²) in [5, 5.41) is 20.9. The number of fused-ring (bicyclic) bond motifs is 3. The van der Waals surface area contributed by atoms with Gasteiger partial charge in [-0.1, -0.05) is 61.9 Å². The minimum Gasteiger partial charge on any atom is -0.481 e. The van der Waals surface area contributed by atoms with Gasteiger partial charge in [0.2, 0.25) is 5.91 Å². The van der Waals surface area contributed by atoms with Gasteiger partial charge in [-0.2, -0.15) is 0 Å². The number of aliphatic hydroxyl groups is 1. The number of alkyl carbamates (subject to hydrolysis) is 1. The number of carboxylic acid groups (broad SMARTS) is 1. The third kappa shape index (κ3) is 5.90. The third-order valence-corrected chi connectivity index (χ3v) is 5.78. The highest BCUT2D eigenvalue weighted by Crippen LogP contribution is 2.44. The predicted octanol–water partition coefficient (Wildman–Crippen LogP) is 2.99. The van der Waals surface area contributed by atoms with Gasteiger partial charge in [-0.15, -0.1) is 0 Å². The number of aliphatic carboxylic acids is 1. The van der Waals surface area contributed by atoms with E-state index in [1.807, 2.05) is 55.5 Å². The topological polar surface area (TPSA) is 116 Å². The number of ether oxygens (including phenoxy) is 1. The summed E-state index contributed by atoms with van der Waals surface area (Å²) in [4.78, 5) is 38.1. The van der Waals surface area contributed by atoms with E-state index in [4.69, 9.17) is 4.74 Å². The second-order valence-electron chi connectivity index (χ2n) is 8.02. The van der Waals surface area contributed by atoms with Gasteiger partial charge in [0.05, 0.1) is 13.0 Å². The monoisotopic (exact) mass is 454 g/mol. The molecule has 0 fully saturated rings. The van der Waals surface area contributed by atoms with Gasteiger partial charge in [-0.05, 0) is 28.7 Å². The highest BCUT2D eigenvalue weighted by molar-refractivity contribution is 5.89. The average molecular weight is 455 g/mol. The summed E-state index contributed by atoms with van der Waals surface area (Å²) in [7, 11) is 0. The number of nitrogens with zero attached hydrogens (tertiary/aromatic N) is 1. The zero-order valence-electron chi connectivity index (χ0n) is 18.7. The van der Waals surface area contributed by atoms with Crippen LogP contribution in [0.3, 0.4) is 0 Å². The highest BCUT2D eigenvalue weighted by atomic mass is 16.5. The molecule has 2 aromatic carbocycles. The quantitative estimate of drug-likeness (QED) is 0.481. The number of carboxylic acids is 1. The lowest BCUT2D eigenvalue weighted by molar-refractivity contribution is -0.142. The Balaban J connectivity index is 1.68. The molecule has 0 bridgehead atoms. The molecule has 0 spiro atoms. The molecule has 8 heteroatoms. The van der Waals surface area contributed by atoms with Gasteiger partial charge < -0.3 is 25.2 Å². The fourth-order valence-corrected chi connectivity index (χ4v) is 4.18. The lowest BCUT2D eigenvalue weighted by atomic mass is 9.98. The molecule has 3 N–H and O–H groups in total. The first kappa shape index (κ1) is 24.3. The molecule has 0 radical (unpaired) electrons. The minimum absolute atomic E-state index is 0.0596. The van der Waals surface area contributed by atoms with Crippen LogP contribution in [0.15, 0.2) is 48.5 Å². The van der Waals surface area contributed by atoms with Crippen molar-refractivity contribution in [3.05, 3.63) is 59.7 Å². The van der Waals surface area contributed by atoms with Crippen LogP contribution < -0.4 is 5.32 Å². The molecule has 1 unspecified atom stereocenters. The number of hydrogen-bond donors (Lipinski definition) is 3. The Morgan fingerprint density at radius 1 is 1.03 bits per heavy atom. The summed E-state index contributed by atoms with van der Waals surface area (Å²) < 4.78 is 5.46. The Morgan fingerprint density at radius 3 is 2.18 bits per heavy atom. The van der Waals surface area contributed by atoms with E-state index in [2.05, 4.69) is 5.32 Å². The van der Waals surface area contributed by atoms with Crippen LogP contribution in [-0.4, -0.2) is 65.4 Å². The van der Waals surface area contributed by atoms with Crippen LogP contribution in [0.4, 0.5) is 4.79 Å². The summed E-state index contributed by atoms with van der Waals surface area (Å²) in [5.74, 6) is -1.91. The lowest BCUT2D eigenvalue weighted by Crippen LogP contribution is -2.50. The van der Waals surface area contributed by atoms with Crippen molar-refractivity contribution in [1.29, 1.82) is 0 Å². The van der Waals surface area contributed by atoms with Gasteiger partial charge in [-0.3, -0.25) is 9.59 Å². The Morgan fingerprint density at radius 2 is 1.64 bits per heavy atom. The van der Waals surface area contributed by atoms with E-state index >= 15 is 0 Å². The number of carbonyl (C=O) groups excluding carboxylic acids is 2. The number of unbranched alkanes of at least 4 members (excludes halogenated alkanes) is 1. The van der Waals surface area contributed by atoms with Crippen molar-refractivity contribution < 1.29 is 29.3 Å². The number of benzene rings is 2. The Kier molecular flexibility index (Phi) is 8.43. The van der Waals surface area contributed by atoms with E-state index in [1.165, 1.54) is 4.90 Å². The Bertz CT molecular complexity index is 947. The maximum Gasteiger partial charge on any atom is 0.407 e. The molecule has 0 saturated heterocycles. The smallest absolute Gasteiger partial charge is 0.407 e. The molecular formula is C25H30N2O6. The number of carbonyl (C=O) groups is 3. The molecule has 2 aromatic rings. The van der Waals surface area contributed by atoms with E-state index in [0.29, 0.717) is 13.0 Å². The fourth-order valence-electron chi connectivity index (χ4n) is 4.18. The molecule has 8 nitrogen and oxygen atoms in total. The lowest BCUT2D eigenvalue weighted by Gasteiger charge is -2.26. The number of rotatable bonds is 11. The predicted molar refractivity (Wildman–Crippen MR) is 123 cm³/mol. The summed E-state index contributed by atoms with van der Waals surface area (Å²) in [6.07, 6.45) is 0.113. The van der Waals surface area contributed by atoms with Crippen LogP contribution in [0.2, 0.25) is 0 Å². The molecule has 0 aromatic heterocycles. The normalized spacial score (nSPS) is 13.0. The van der Waals surface area contributed by atoms with Crippen molar-refractivity contribution in [2.24, 2.45) is 0 Å². The first-order valence-corrected chi connectivity index (χ1v) is 11.2.